The number of ketones is 1. The first-order valence-corrected chi connectivity index (χ1v) is 7.75. The molecule has 0 spiro atoms. The Kier molecular flexibility index (Phi) is 5.95. The van der Waals surface area contributed by atoms with Gasteiger partial charge in [-0.1, -0.05) is 12.1 Å². The molecule has 2 rings (SSSR count). The van der Waals surface area contributed by atoms with Crippen molar-refractivity contribution >= 4 is 11.7 Å². The lowest BCUT2D eigenvalue weighted by molar-refractivity contribution is -0.121. The van der Waals surface area contributed by atoms with E-state index in [9.17, 15) is 14.7 Å². The number of methoxy groups -OCH3 is 1. The summed E-state index contributed by atoms with van der Waals surface area (Å²) in [5, 5.41) is 12.1. The number of phenols is 1. The van der Waals surface area contributed by atoms with Crippen molar-refractivity contribution in [3.8, 4) is 11.5 Å². The maximum Gasteiger partial charge on any atom is 0.220 e. The second-order valence-electron chi connectivity index (χ2n) is 5.53. The molecule has 0 saturated heterocycles. The fourth-order valence-electron chi connectivity index (χ4n) is 2.31. The number of benzene rings is 2. The van der Waals surface area contributed by atoms with Crippen molar-refractivity contribution in [3.05, 3.63) is 59.7 Å². The lowest BCUT2D eigenvalue weighted by Crippen LogP contribution is -2.26. The van der Waals surface area contributed by atoms with Crippen LogP contribution in [0.3, 0.4) is 0 Å². The Morgan fingerprint density at radius 1 is 1.04 bits per heavy atom. The van der Waals surface area contributed by atoms with Gasteiger partial charge in [-0.3, -0.25) is 9.59 Å². The number of phenolic OH excluding ortho intramolecular Hbond substituents is 1. The molecule has 5 heteroatoms. The summed E-state index contributed by atoms with van der Waals surface area (Å²) in [7, 11) is 1.57. The lowest BCUT2D eigenvalue weighted by Gasteiger charge is -2.14. The van der Waals surface area contributed by atoms with Crippen molar-refractivity contribution < 1.29 is 19.4 Å². The van der Waals surface area contributed by atoms with E-state index >= 15 is 0 Å². The molecule has 0 fully saturated rings. The van der Waals surface area contributed by atoms with Crippen molar-refractivity contribution in [2.75, 3.05) is 7.11 Å². The van der Waals surface area contributed by atoms with Crippen molar-refractivity contribution in [3.63, 3.8) is 0 Å². The summed E-state index contributed by atoms with van der Waals surface area (Å²) in [6.45, 7) is 1.86. The molecule has 0 heterocycles. The highest BCUT2D eigenvalue weighted by atomic mass is 16.5. The number of nitrogens with one attached hydrogen (secondary N) is 1. The number of carbonyl (C=O) groups excluding carboxylic acids is 2. The third-order valence-electron chi connectivity index (χ3n) is 3.76. The molecule has 0 saturated carbocycles. The molecule has 1 amide bonds. The van der Waals surface area contributed by atoms with Gasteiger partial charge in [-0.15, -0.1) is 0 Å². The number of amides is 1. The first-order chi connectivity index (χ1) is 11.5. The van der Waals surface area contributed by atoms with Crippen LogP contribution in [0.4, 0.5) is 0 Å². The van der Waals surface area contributed by atoms with E-state index in [1.807, 2.05) is 6.92 Å². The molecule has 0 aliphatic heterocycles. The van der Waals surface area contributed by atoms with Crippen LogP contribution in [0.5, 0.6) is 11.5 Å². The molecular weight excluding hydrogens is 306 g/mol. The lowest BCUT2D eigenvalue weighted by atomic mass is 10.1. The van der Waals surface area contributed by atoms with Crippen molar-refractivity contribution in [1.82, 2.24) is 5.32 Å². The molecule has 0 aliphatic rings. The van der Waals surface area contributed by atoms with E-state index in [0.717, 1.165) is 5.56 Å². The molecule has 0 unspecified atom stereocenters. The van der Waals surface area contributed by atoms with E-state index in [0.29, 0.717) is 11.3 Å². The Hall–Kier alpha value is -2.82. The third kappa shape index (κ3) is 4.84. The maximum atomic E-state index is 12.1. The minimum atomic E-state index is -0.186. The highest BCUT2D eigenvalue weighted by Crippen LogP contribution is 2.17. The number of hydrogen-bond acceptors (Lipinski definition) is 4. The average Bonchev–Trinajstić information content (AvgIpc) is 2.60. The van der Waals surface area contributed by atoms with Crippen LogP contribution >= 0.6 is 0 Å². The summed E-state index contributed by atoms with van der Waals surface area (Å²) in [6, 6.07) is 13.3. The van der Waals surface area contributed by atoms with E-state index < -0.39 is 0 Å². The average molecular weight is 327 g/mol. The summed E-state index contributed by atoms with van der Waals surface area (Å²) >= 11 is 0. The third-order valence-corrected chi connectivity index (χ3v) is 3.76. The molecule has 24 heavy (non-hydrogen) atoms. The minimum absolute atomic E-state index is 0.0786. The zero-order valence-corrected chi connectivity index (χ0v) is 13.8. The van der Waals surface area contributed by atoms with Gasteiger partial charge in [-0.05, 0) is 48.9 Å². The van der Waals surface area contributed by atoms with Crippen LogP contribution in [-0.4, -0.2) is 23.9 Å². The molecule has 126 valence electrons. The highest BCUT2D eigenvalue weighted by Gasteiger charge is 2.12. The summed E-state index contributed by atoms with van der Waals surface area (Å²) in [5.74, 6) is 0.608. The molecule has 2 N–H and O–H groups in total. The maximum absolute atomic E-state index is 12.1. The molecule has 0 aliphatic carbocycles. The van der Waals surface area contributed by atoms with Crippen LogP contribution < -0.4 is 10.1 Å². The van der Waals surface area contributed by atoms with Gasteiger partial charge in [0, 0.05) is 18.4 Å². The van der Waals surface area contributed by atoms with Crippen LogP contribution in [-0.2, 0) is 4.79 Å². The fourth-order valence-corrected chi connectivity index (χ4v) is 2.31. The van der Waals surface area contributed by atoms with Crippen LogP contribution in [0.15, 0.2) is 48.5 Å². The largest absolute Gasteiger partial charge is 0.508 e. The van der Waals surface area contributed by atoms with Crippen molar-refractivity contribution in [2.24, 2.45) is 0 Å². The Balaban J connectivity index is 1.83. The molecule has 0 radical (unpaired) electrons. The quantitative estimate of drug-likeness (QED) is 0.766. The number of hydrogen-bond donors (Lipinski definition) is 2. The Morgan fingerprint density at radius 3 is 2.25 bits per heavy atom. The molecule has 0 aromatic heterocycles. The summed E-state index contributed by atoms with van der Waals surface area (Å²) in [4.78, 5) is 24.1. The van der Waals surface area contributed by atoms with Crippen molar-refractivity contribution in [1.29, 1.82) is 0 Å². The predicted molar refractivity (Wildman–Crippen MR) is 91.2 cm³/mol. The summed E-state index contributed by atoms with van der Waals surface area (Å²) < 4.78 is 5.05. The SMILES string of the molecule is COc1ccc(C(=O)CCC(=O)N[C@@H](C)c2ccc(O)cc2)cc1. The fraction of sp³-hybridized carbons (Fsp3) is 0.263. The topological polar surface area (TPSA) is 75.6 Å². The van der Waals surface area contributed by atoms with E-state index in [2.05, 4.69) is 5.32 Å². The second kappa shape index (κ2) is 8.15. The predicted octanol–water partition coefficient (Wildman–Crippen LogP) is 3.24. The second-order valence-corrected chi connectivity index (χ2v) is 5.53. The van der Waals surface area contributed by atoms with Gasteiger partial charge in [-0.25, -0.2) is 0 Å². The van der Waals surface area contributed by atoms with E-state index in [-0.39, 0.29) is 36.3 Å². The van der Waals surface area contributed by atoms with Crippen molar-refractivity contribution in [2.45, 2.75) is 25.8 Å². The number of rotatable bonds is 7. The van der Waals surface area contributed by atoms with Gasteiger partial charge >= 0.3 is 0 Å². The Bertz CT molecular complexity index is 692. The molecular formula is C19H21NO4. The molecule has 2 aromatic carbocycles. The summed E-state index contributed by atoms with van der Waals surface area (Å²) in [6.07, 6.45) is 0.285. The minimum Gasteiger partial charge on any atom is -0.508 e. The van der Waals surface area contributed by atoms with Gasteiger partial charge in [0.1, 0.15) is 11.5 Å². The Labute approximate surface area is 141 Å². The van der Waals surface area contributed by atoms with Gasteiger partial charge in [-0.2, -0.15) is 0 Å². The molecule has 5 nitrogen and oxygen atoms in total. The van der Waals surface area contributed by atoms with Gasteiger partial charge in [0.05, 0.1) is 13.2 Å². The molecule has 1 atom stereocenters. The highest BCUT2D eigenvalue weighted by molar-refractivity contribution is 5.98. The number of aromatic hydroxyl groups is 1. The summed E-state index contributed by atoms with van der Waals surface area (Å²) in [5.41, 5.74) is 1.46. The van der Waals surface area contributed by atoms with E-state index in [4.69, 9.17) is 4.74 Å². The number of ether oxygens (including phenoxy) is 1. The van der Waals surface area contributed by atoms with Crippen LogP contribution in [0.1, 0.15) is 41.7 Å². The smallest absolute Gasteiger partial charge is 0.220 e. The number of Topliss-reactive ketones (excluding diaryl/α,β-unsaturated/α-hetero) is 1. The number of carbonyl (C=O) groups is 2. The van der Waals surface area contributed by atoms with Crippen LogP contribution in [0.2, 0.25) is 0 Å². The van der Waals surface area contributed by atoms with E-state index in [1.165, 1.54) is 0 Å². The first-order valence-electron chi connectivity index (χ1n) is 7.75. The Morgan fingerprint density at radius 2 is 1.67 bits per heavy atom. The van der Waals surface area contributed by atoms with Gasteiger partial charge in [0.25, 0.3) is 0 Å². The molecule has 0 bridgehead atoms. The van der Waals surface area contributed by atoms with Gasteiger partial charge < -0.3 is 15.2 Å². The molecule has 2 aromatic rings. The van der Waals surface area contributed by atoms with Crippen LogP contribution in [0, 0.1) is 0 Å². The van der Waals surface area contributed by atoms with Gasteiger partial charge in [0.15, 0.2) is 5.78 Å². The van der Waals surface area contributed by atoms with Gasteiger partial charge in [0.2, 0.25) is 5.91 Å². The van der Waals surface area contributed by atoms with E-state index in [1.54, 1.807) is 55.6 Å². The normalized spacial score (nSPS) is 11.6. The first kappa shape index (κ1) is 17.5. The zero-order chi connectivity index (χ0) is 17.5. The monoisotopic (exact) mass is 327 g/mol. The zero-order valence-electron chi connectivity index (χ0n) is 13.8. The van der Waals surface area contributed by atoms with Crippen LogP contribution in [0.25, 0.3) is 0 Å². The standard InChI is InChI=1S/C19H21NO4/c1-13(14-3-7-16(21)8-4-14)20-19(23)12-11-18(22)15-5-9-17(24-2)10-6-15/h3-10,13,21H,11-12H2,1-2H3,(H,20,23)/t13-/m0/s1.